The molecule has 2 heterocycles. The molecular formula is C15H20N2O2S2. The number of anilines is 1. The fourth-order valence-electron chi connectivity index (χ4n) is 2.98. The second-order valence-electron chi connectivity index (χ2n) is 5.72. The number of carbonyl (C=O) groups excluding carboxylic acids is 2. The van der Waals surface area contributed by atoms with Crippen molar-refractivity contribution < 1.29 is 9.59 Å². The van der Waals surface area contributed by atoms with Gasteiger partial charge in [-0.05, 0) is 25.7 Å². The lowest BCUT2D eigenvalue weighted by Crippen LogP contribution is -2.24. The molecule has 114 valence electrons. The van der Waals surface area contributed by atoms with E-state index in [1.807, 2.05) is 0 Å². The Morgan fingerprint density at radius 1 is 1.29 bits per heavy atom. The van der Waals surface area contributed by atoms with Crippen molar-refractivity contribution in [1.29, 1.82) is 0 Å². The normalized spacial score (nSPS) is 22.8. The van der Waals surface area contributed by atoms with Gasteiger partial charge in [0.15, 0.2) is 10.2 Å². The number of fused-ring (bicyclic) bond motifs is 1. The predicted molar refractivity (Wildman–Crippen MR) is 87.0 cm³/mol. The molecule has 21 heavy (non-hydrogen) atoms. The molecule has 0 spiro atoms. The van der Waals surface area contributed by atoms with Gasteiger partial charge in [-0.2, -0.15) is 0 Å². The Bertz CT molecular complexity index is 530. The Kier molecular flexibility index (Phi) is 4.64. The maximum atomic E-state index is 12.2. The average molecular weight is 324 g/mol. The Balaban J connectivity index is 1.76. The zero-order chi connectivity index (χ0) is 14.8. The van der Waals surface area contributed by atoms with E-state index in [1.165, 1.54) is 48.0 Å². The number of rotatable bonds is 2. The van der Waals surface area contributed by atoms with E-state index >= 15 is 0 Å². The maximum absolute atomic E-state index is 12.2. The van der Waals surface area contributed by atoms with Gasteiger partial charge in [-0.3, -0.25) is 14.5 Å². The van der Waals surface area contributed by atoms with E-state index in [4.69, 9.17) is 4.98 Å². The van der Waals surface area contributed by atoms with Gasteiger partial charge in [0.2, 0.25) is 5.91 Å². The highest BCUT2D eigenvalue weighted by atomic mass is 32.2. The monoisotopic (exact) mass is 324 g/mol. The minimum Gasteiger partial charge on any atom is -0.288 e. The van der Waals surface area contributed by atoms with Crippen molar-refractivity contribution >= 4 is 39.3 Å². The van der Waals surface area contributed by atoms with Crippen molar-refractivity contribution in [3.05, 3.63) is 10.6 Å². The third-order valence-electron chi connectivity index (χ3n) is 3.99. The minimum atomic E-state index is 0.0843. The van der Waals surface area contributed by atoms with Crippen molar-refractivity contribution in [1.82, 2.24) is 4.98 Å². The Morgan fingerprint density at radius 2 is 2.05 bits per heavy atom. The highest BCUT2D eigenvalue weighted by Gasteiger charge is 2.34. The Hall–Kier alpha value is -0.880. The molecule has 6 heteroatoms. The van der Waals surface area contributed by atoms with Gasteiger partial charge in [-0.1, -0.05) is 24.6 Å². The lowest BCUT2D eigenvalue weighted by molar-refractivity contribution is -0.117. The van der Waals surface area contributed by atoms with E-state index in [-0.39, 0.29) is 16.3 Å². The molecule has 1 saturated heterocycles. The van der Waals surface area contributed by atoms with Crippen LogP contribution in [-0.4, -0.2) is 27.8 Å². The van der Waals surface area contributed by atoms with Crippen LogP contribution in [0, 0.1) is 0 Å². The summed E-state index contributed by atoms with van der Waals surface area (Å²) < 4.78 is 0. The zero-order valence-electron chi connectivity index (χ0n) is 12.3. The number of thioether (sulfide) groups is 1. The molecule has 0 bridgehead atoms. The number of hydrogen-bond acceptors (Lipinski definition) is 5. The van der Waals surface area contributed by atoms with Crippen molar-refractivity contribution in [3.63, 3.8) is 0 Å². The largest absolute Gasteiger partial charge is 0.288 e. The summed E-state index contributed by atoms with van der Waals surface area (Å²) in [6, 6.07) is 0. The first-order valence-corrected chi connectivity index (χ1v) is 9.29. The molecule has 1 aliphatic heterocycles. The highest BCUT2D eigenvalue weighted by Crippen LogP contribution is 2.34. The first-order chi connectivity index (χ1) is 10.1. The minimum absolute atomic E-state index is 0.0843. The lowest BCUT2D eigenvalue weighted by Gasteiger charge is -2.12. The average Bonchev–Trinajstić information content (AvgIpc) is 2.92. The standard InChI is InChI=1S/C15H20N2O2S2/c1-10(18)20-11-8-14(19)17(9-11)15-16-12-6-4-2-3-5-7-13(12)21-15/h11H,2-9H2,1H3. The number of carbonyl (C=O) groups is 2. The molecule has 0 aromatic carbocycles. The van der Waals surface area contributed by atoms with Gasteiger partial charge in [-0.25, -0.2) is 4.98 Å². The van der Waals surface area contributed by atoms with E-state index in [0.717, 1.165) is 18.0 Å². The summed E-state index contributed by atoms with van der Waals surface area (Å²) in [7, 11) is 0. The van der Waals surface area contributed by atoms with Crippen molar-refractivity contribution in [2.45, 2.75) is 57.1 Å². The smallest absolute Gasteiger partial charge is 0.230 e. The van der Waals surface area contributed by atoms with E-state index < -0.39 is 0 Å². The third-order valence-corrected chi connectivity index (χ3v) is 6.15. The van der Waals surface area contributed by atoms with Gasteiger partial charge in [0.25, 0.3) is 0 Å². The summed E-state index contributed by atoms with van der Waals surface area (Å²) in [6.07, 6.45) is 7.60. The molecule has 2 aliphatic rings. The van der Waals surface area contributed by atoms with Gasteiger partial charge in [0, 0.05) is 30.0 Å². The number of thiazole rings is 1. The zero-order valence-corrected chi connectivity index (χ0v) is 13.9. The Labute approximate surface area is 133 Å². The van der Waals surface area contributed by atoms with Gasteiger partial charge >= 0.3 is 0 Å². The molecule has 3 rings (SSSR count). The van der Waals surface area contributed by atoms with Crippen LogP contribution in [0.25, 0.3) is 0 Å². The molecule has 4 nitrogen and oxygen atoms in total. The van der Waals surface area contributed by atoms with Crippen LogP contribution >= 0.6 is 23.1 Å². The third kappa shape index (κ3) is 3.48. The maximum Gasteiger partial charge on any atom is 0.230 e. The number of aromatic nitrogens is 1. The predicted octanol–water partition coefficient (Wildman–Crippen LogP) is 3.19. The molecule has 0 N–H and O–H groups in total. The molecule has 1 amide bonds. The lowest BCUT2D eigenvalue weighted by atomic mass is 10.0. The molecular weight excluding hydrogens is 304 g/mol. The summed E-state index contributed by atoms with van der Waals surface area (Å²) in [5.74, 6) is 0.107. The van der Waals surface area contributed by atoms with Gasteiger partial charge in [0.1, 0.15) is 0 Å². The van der Waals surface area contributed by atoms with Crippen LogP contribution in [0.3, 0.4) is 0 Å². The molecule has 1 aliphatic carbocycles. The quantitative estimate of drug-likeness (QED) is 0.838. The van der Waals surface area contributed by atoms with Crippen molar-refractivity contribution in [3.8, 4) is 0 Å². The number of nitrogens with zero attached hydrogens (tertiary/aromatic N) is 2. The second kappa shape index (κ2) is 6.48. The topological polar surface area (TPSA) is 50.3 Å². The SMILES string of the molecule is CC(=O)SC1CC(=O)N(c2nc3c(s2)CCCCCC3)C1. The van der Waals surface area contributed by atoms with E-state index in [1.54, 1.807) is 23.2 Å². The van der Waals surface area contributed by atoms with Gasteiger partial charge < -0.3 is 0 Å². The fraction of sp³-hybridized carbons (Fsp3) is 0.667. The number of hydrogen-bond donors (Lipinski definition) is 0. The van der Waals surface area contributed by atoms with Crippen LogP contribution in [0.5, 0.6) is 0 Å². The molecule has 0 radical (unpaired) electrons. The summed E-state index contributed by atoms with van der Waals surface area (Å²) >= 11 is 2.96. The summed E-state index contributed by atoms with van der Waals surface area (Å²) in [5.41, 5.74) is 1.20. The molecule has 1 unspecified atom stereocenters. The van der Waals surface area contributed by atoms with Crippen LogP contribution < -0.4 is 4.90 Å². The molecule has 1 atom stereocenters. The van der Waals surface area contributed by atoms with Crippen LogP contribution in [-0.2, 0) is 22.4 Å². The van der Waals surface area contributed by atoms with Crippen LogP contribution in [0.15, 0.2) is 0 Å². The second-order valence-corrected chi connectivity index (χ2v) is 8.26. The molecule has 1 aromatic heterocycles. The highest BCUT2D eigenvalue weighted by molar-refractivity contribution is 8.14. The van der Waals surface area contributed by atoms with Crippen LogP contribution in [0.4, 0.5) is 5.13 Å². The first-order valence-electron chi connectivity index (χ1n) is 7.59. The fourth-order valence-corrected chi connectivity index (χ4v) is 5.07. The van der Waals surface area contributed by atoms with Crippen LogP contribution in [0.2, 0.25) is 0 Å². The van der Waals surface area contributed by atoms with E-state index in [0.29, 0.717) is 13.0 Å². The van der Waals surface area contributed by atoms with Crippen LogP contribution in [0.1, 0.15) is 49.6 Å². The molecule has 1 aromatic rings. The van der Waals surface area contributed by atoms with Crippen molar-refractivity contribution in [2.24, 2.45) is 0 Å². The summed E-state index contributed by atoms with van der Waals surface area (Å²) in [5, 5.41) is 1.01. The van der Waals surface area contributed by atoms with Crippen molar-refractivity contribution in [2.75, 3.05) is 11.4 Å². The van der Waals surface area contributed by atoms with E-state index in [9.17, 15) is 9.59 Å². The number of aryl methyl sites for hydroxylation is 2. The van der Waals surface area contributed by atoms with E-state index in [2.05, 4.69) is 0 Å². The van der Waals surface area contributed by atoms with Gasteiger partial charge in [-0.15, -0.1) is 11.3 Å². The summed E-state index contributed by atoms with van der Waals surface area (Å²) in [4.78, 5) is 31.3. The number of amides is 1. The summed E-state index contributed by atoms with van der Waals surface area (Å²) in [6.45, 7) is 2.18. The first kappa shape index (κ1) is 15.0. The molecule has 1 fully saturated rings. The Morgan fingerprint density at radius 3 is 2.81 bits per heavy atom. The molecule has 0 saturated carbocycles. The van der Waals surface area contributed by atoms with Gasteiger partial charge in [0.05, 0.1) is 5.69 Å².